The van der Waals surface area contributed by atoms with Gasteiger partial charge < -0.3 is 14.6 Å². The highest BCUT2D eigenvalue weighted by molar-refractivity contribution is 4.65. The lowest BCUT2D eigenvalue weighted by Crippen LogP contribution is -2.11. The molecule has 2 rings (SSSR count). The first-order valence-electron chi connectivity index (χ1n) is 7.19. The molecule has 2 atom stereocenters. The molecule has 0 amide bonds. The Bertz CT molecular complexity index is 178. The Morgan fingerprint density at radius 2 is 1.78 bits per heavy atom. The van der Waals surface area contributed by atoms with Crippen LogP contribution >= 0.6 is 0 Å². The van der Waals surface area contributed by atoms with Gasteiger partial charge in [-0.1, -0.05) is 34.6 Å². The summed E-state index contributed by atoms with van der Waals surface area (Å²) < 4.78 is 9.36. The van der Waals surface area contributed by atoms with Crippen LogP contribution in [0.25, 0.3) is 0 Å². The molecule has 0 aliphatic carbocycles. The molecule has 110 valence electrons. The SMILES string of the molecule is C1CO1.CC(CCO)CC(C)(C)C.CCC1CO1. The molecule has 0 spiro atoms. The van der Waals surface area contributed by atoms with Crippen molar-refractivity contribution in [2.45, 2.75) is 60.0 Å². The first-order valence-corrected chi connectivity index (χ1v) is 7.19. The van der Waals surface area contributed by atoms with E-state index in [4.69, 9.17) is 9.84 Å². The minimum absolute atomic E-state index is 0.331. The van der Waals surface area contributed by atoms with Gasteiger partial charge in [-0.25, -0.2) is 0 Å². The van der Waals surface area contributed by atoms with E-state index < -0.39 is 0 Å². The Kier molecular flexibility index (Phi) is 9.70. The second kappa shape index (κ2) is 9.76. The molecule has 3 heteroatoms. The lowest BCUT2D eigenvalue weighted by atomic mass is 9.84. The zero-order chi connectivity index (χ0) is 14.0. The second-order valence-corrected chi connectivity index (χ2v) is 6.36. The maximum Gasteiger partial charge on any atom is 0.0807 e. The summed E-state index contributed by atoms with van der Waals surface area (Å²) in [4.78, 5) is 0. The first kappa shape index (κ1) is 17.9. The molecule has 2 aliphatic heterocycles. The number of hydrogen-bond acceptors (Lipinski definition) is 3. The zero-order valence-electron chi connectivity index (χ0n) is 12.9. The van der Waals surface area contributed by atoms with Gasteiger partial charge in [-0.2, -0.15) is 0 Å². The van der Waals surface area contributed by atoms with Crippen LogP contribution in [0, 0.1) is 11.3 Å². The van der Waals surface area contributed by atoms with Crippen molar-refractivity contribution in [2.24, 2.45) is 11.3 Å². The van der Waals surface area contributed by atoms with Crippen LogP contribution in [0.3, 0.4) is 0 Å². The third-order valence-corrected chi connectivity index (χ3v) is 2.64. The van der Waals surface area contributed by atoms with Crippen LogP contribution in [0.1, 0.15) is 53.9 Å². The molecule has 0 radical (unpaired) electrons. The molecular formula is C15H32O3. The topological polar surface area (TPSA) is 45.3 Å². The van der Waals surface area contributed by atoms with Crippen molar-refractivity contribution in [1.82, 2.24) is 0 Å². The fourth-order valence-electron chi connectivity index (χ4n) is 1.67. The highest BCUT2D eigenvalue weighted by Gasteiger charge is 2.18. The Morgan fingerprint density at radius 1 is 1.28 bits per heavy atom. The molecule has 2 unspecified atom stereocenters. The molecule has 0 bridgehead atoms. The normalized spacial score (nSPS) is 22.0. The number of ether oxygens (including phenoxy) is 2. The van der Waals surface area contributed by atoms with E-state index in [-0.39, 0.29) is 0 Å². The predicted octanol–water partition coefficient (Wildman–Crippen LogP) is 3.25. The summed E-state index contributed by atoms with van der Waals surface area (Å²) in [5, 5.41) is 8.63. The van der Waals surface area contributed by atoms with E-state index in [2.05, 4.69) is 39.4 Å². The van der Waals surface area contributed by atoms with Crippen LogP contribution in [-0.2, 0) is 9.47 Å². The van der Waals surface area contributed by atoms with Crippen LogP contribution in [-0.4, -0.2) is 37.6 Å². The summed E-state index contributed by atoms with van der Waals surface area (Å²) in [6.45, 7) is 14.4. The Hall–Kier alpha value is -0.120. The van der Waals surface area contributed by atoms with Crippen molar-refractivity contribution in [3.63, 3.8) is 0 Å². The average molecular weight is 260 g/mol. The van der Waals surface area contributed by atoms with Gasteiger partial charge in [-0.15, -0.1) is 0 Å². The van der Waals surface area contributed by atoms with E-state index in [1.54, 1.807) is 0 Å². The van der Waals surface area contributed by atoms with Gasteiger partial charge >= 0.3 is 0 Å². The Morgan fingerprint density at radius 3 is 1.94 bits per heavy atom. The molecule has 0 saturated carbocycles. The van der Waals surface area contributed by atoms with Gasteiger partial charge in [0.05, 0.1) is 25.9 Å². The standard InChI is InChI=1S/C9H20O.C4H8O.C2H4O/c1-8(5-6-10)7-9(2,3)4;1-2-4-3-5-4;1-2-3-1/h8,10H,5-7H2,1-4H3;4H,2-3H2,1H3;1-2H2. The molecule has 2 saturated heterocycles. The first-order chi connectivity index (χ1) is 8.39. The number of hydrogen-bond donors (Lipinski definition) is 1. The van der Waals surface area contributed by atoms with Gasteiger partial charge in [0.15, 0.2) is 0 Å². The van der Waals surface area contributed by atoms with Gasteiger partial charge in [0, 0.05) is 6.61 Å². The maximum atomic E-state index is 8.63. The summed E-state index contributed by atoms with van der Waals surface area (Å²) in [7, 11) is 0. The van der Waals surface area contributed by atoms with Gasteiger partial charge in [0.2, 0.25) is 0 Å². The molecule has 0 aromatic heterocycles. The molecule has 2 heterocycles. The number of rotatable bonds is 4. The largest absolute Gasteiger partial charge is 0.396 e. The van der Waals surface area contributed by atoms with E-state index in [1.807, 2.05) is 0 Å². The summed E-state index contributed by atoms with van der Waals surface area (Å²) in [6.07, 6.45) is 3.97. The summed E-state index contributed by atoms with van der Waals surface area (Å²) in [5.41, 5.74) is 0.411. The number of aliphatic hydroxyl groups is 1. The van der Waals surface area contributed by atoms with Crippen LogP contribution < -0.4 is 0 Å². The lowest BCUT2D eigenvalue weighted by Gasteiger charge is -2.22. The van der Waals surface area contributed by atoms with Crippen LogP contribution in [0.15, 0.2) is 0 Å². The maximum absolute atomic E-state index is 8.63. The van der Waals surface area contributed by atoms with E-state index >= 15 is 0 Å². The minimum Gasteiger partial charge on any atom is -0.396 e. The Labute approximate surface area is 113 Å². The van der Waals surface area contributed by atoms with E-state index in [0.29, 0.717) is 24.0 Å². The smallest absolute Gasteiger partial charge is 0.0807 e. The highest BCUT2D eigenvalue weighted by atomic mass is 16.6. The molecule has 0 aromatic carbocycles. The fourth-order valence-corrected chi connectivity index (χ4v) is 1.67. The van der Waals surface area contributed by atoms with Crippen LogP contribution in [0.4, 0.5) is 0 Å². The molecule has 18 heavy (non-hydrogen) atoms. The van der Waals surface area contributed by atoms with Gasteiger partial charge in [0.1, 0.15) is 0 Å². The van der Waals surface area contributed by atoms with E-state index in [9.17, 15) is 0 Å². The van der Waals surface area contributed by atoms with Crippen LogP contribution in [0.5, 0.6) is 0 Å². The molecule has 2 fully saturated rings. The summed E-state index contributed by atoms with van der Waals surface area (Å²) in [5.74, 6) is 0.657. The molecule has 2 aliphatic rings. The summed E-state index contributed by atoms with van der Waals surface area (Å²) in [6, 6.07) is 0. The molecule has 3 nitrogen and oxygen atoms in total. The number of epoxide rings is 2. The molecule has 1 N–H and O–H groups in total. The van der Waals surface area contributed by atoms with Crippen molar-refractivity contribution in [1.29, 1.82) is 0 Å². The van der Waals surface area contributed by atoms with E-state index in [1.165, 1.54) is 12.8 Å². The van der Waals surface area contributed by atoms with Gasteiger partial charge in [-0.05, 0) is 30.6 Å². The van der Waals surface area contributed by atoms with Crippen LogP contribution in [0.2, 0.25) is 0 Å². The third-order valence-electron chi connectivity index (χ3n) is 2.64. The molecular weight excluding hydrogens is 228 g/mol. The Balaban J connectivity index is 0.000000291. The predicted molar refractivity (Wildman–Crippen MR) is 75.8 cm³/mol. The van der Waals surface area contributed by atoms with Crippen molar-refractivity contribution >= 4 is 0 Å². The van der Waals surface area contributed by atoms with Crippen molar-refractivity contribution in [3.8, 4) is 0 Å². The quantitative estimate of drug-likeness (QED) is 0.789. The highest BCUT2D eigenvalue weighted by Crippen LogP contribution is 2.25. The molecule has 0 aromatic rings. The van der Waals surface area contributed by atoms with E-state index in [0.717, 1.165) is 26.2 Å². The third kappa shape index (κ3) is 18.3. The van der Waals surface area contributed by atoms with Crippen molar-refractivity contribution < 1.29 is 14.6 Å². The zero-order valence-corrected chi connectivity index (χ0v) is 12.9. The monoisotopic (exact) mass is 260 g/mol. The van der Waals surface area contributed by atoms with Crippen molar-refractivity contribution in [3.05, 3.63) is 0 Å². The fraction of sp³-hybridized carbons (Fsp3) is 1.00. The van der Waals surface area contributed by atoms with Crippen molar-refractivity contribution in [2.75, 3.05) is 26.4 Å². The van der Waals surface area contributed by atoms with Gasteiger partial charge in [-0.3, -0.25) is 0 Å². The minimum atomic E-state index is 0.331. The summed E-state index contributed by atoms with van der Waals surface area (Å²) >= 11 is 0. The lowest BCUT2D eigenvalue weighted by molar-refractivity contribution is 0.227. The van der Waals surface area contributed by atoms with Gasteiger partial charge in [0.25, 0.3) is 0 Å². The second-order valence-electron chi connectivity index (χ2n) is 6.36. The number of aliphatic hydroxyl groups excluding tert-OH is 1. The average Bonchev–Trinajstić information content (AvgIpc) is 3.09.